The number of hydrogen-bond acceptors (Lipinski definition) is 4. The summed E-state index contributed by atoms with van der Waals surface area (Å²) in [5.41, 5.74) is 7.28. The normalized spacial score (nSPS) is 16.3. The maximum Gasteiger partial charge on any atom is 0.410 e. The maximum absolute atomic E-state index is 12.2. The van der Waals surface area contributed by atoms with Gasteiger partial charge in [0.05, 0.1) is 11.4 Å². The molecule has 0 radical (unpaired) electrons. The number of nitrogen functional groups attached to an aromatic ring is 1. The number of piperidine rings is 1. The Hall–Kier alpha value is -1.62. The number of carbonyl (C=O) groups is 1. The van der Waals surface area contributed by atoms with Crippen LogP contribution in [-0.4, -0.2) is 42.8 Å². The van der Waals surface area contributed by atoms with E-state index in [0.717, 1.165) is 31.6 Å². The van der Waals surface area contributed by atoms with Crippen molar-refractivity contribution in [3.63, 3.8) is 0 Å². The van der Waals surface area contributed by atoms with Crippen LogP contribution in [0.5, 0.6) is 0 Å². The quantitative estimate of drug-likeness (QED) is 0.833. The summed E-state index contributed by atoms with van der Waals surface area (Å²) in [4.78, 5) is 16.1. The average molecular weight is 340 g/mol. The predicted octanol–water partition coefficient (Wildman–Crippen LogP) is 3.76. The minimum Gasteiger partial charge on any atom is -0.444 e. The van der Waals surface area contributed by atoms with Crippen molar-refractivity contribution in [3.8, 4) is 0 Å². The Morgan fingerprint density at radius 3 is 2.48 bits per heavy atom. The summed E-state index contributed by atoms with van der Waals surface area (Å²) in [5.74, 6) is 0. The molecule has 0 saturated carbocycles. The SMILES string of the molecule is CN(C(=O)OC(C)(C)C)C1CCN(c2ccc(Cl)cc2N)CC1. The van der Waals surface area contributed by atoms with Gasteiger partial charge in [-0.2, -0.15) is 0 Å². The third kappa shape index (κ3) is 4.67. The fourth-order valence-electron chi connectivity index (χ4n) is 2.79. The second kappa shape index (κ2) is 6.87. The van der Waals surface area contributed by atoms with E-state index in [9.17, 15) is 4.79 Å². The van der Waals surface area contributed by atoms with Gasteiger partial charge in [0.2, 0.25) is 0 Å². The van der Waals surface area contributed by atoms with Crippen molar-refractivity contribution in [1.82, 2.24) is 4.90 Å². The first-order valence-electron chi connectivity index (χ1n) is 7.93. The molecule has 1 heterocycles. The minimum absolute atomic E-state index is 0.189. The molecule has 0 spiro atoms. The third-order valence-corrected chi connectivity index (χ3v) is 4.26. The third-order valence-electron chi connectivity index (χ3n) is 4.02. The molecule has 6 heteroatoms. The highest BCUT2D eigenvalue weighted by atomic mass is 35.5. The van der Waals surface area contributed by atoms with E-state index in [1.165, 1.54) is 0 Å². The molecule has 0 atom stereocenters. The molecule has 1 fully saturated rings. The molecule has 1 aromatic rings. The lowest BCUT2D eigenvalue weighted by Crippen LogP contribution is -2.47. The number of amides is 1. The van der Waals surface area contributed by atoms with E-state index >= 15 is 0 Å². The molecule has 0 aliphatic carbocycles. The van der Waals surface area contributed by atoms with Crippen LogP contribution in [-0.2, 0) is 4.74 Å². The number of ether oxygens (including phenoxy) is 1. The van der Waals surface area contributed by atoms with Crippen molar-refractivity contribution in [2.45, 2.75) is 45.3 Å². The largest absolute Gasteiger partial charge is 0.444 e. The van der Waals surface area contributed by atoms with Crippen LogP contribution in [0.3, 0.4) is 0 Å². The first-order chi connectivity index (χ1) is 10.7. The molecule has 5 nitrogen and oxygen atoms in total. The molecule has 2 rings (SSSR count). The predicted molar refractivity (Wildman–Crippen MR) is 95.1 cm³/mol. The van der Waals surface area contributed by atoms with E-state index in [2.05, 4.69) is 4.90 Å². The molecule has 2 N–H and O–H groups in total. The van der Waals surface area contributed by atoms with Crippen LogP contribution in [0.25, 0.3) is 0 Å². The van der Waals surface area contributed by atoms with Gasteiger partial charge in [-0.15, -0.1) is 0 Å². The smallest absolute Gasteiger partial charge is 0.410 e. The summed E-state index contributed by atoms with van der Waals surface area (Å²) >= 11 is 5.95. The summed E-state index contributed by atoms with van der Waals surface area (Å²) in [7, 11) is 1.81. The number of nitrogens with two attached hydrogens (primary N) is 1. The number of rotatable bonds is 2. The van der Waals surface area contributed by atoms with Gasteiger partial charge in [0.25, 0.3) is 0 Å². The molecule has 0 unspecified atom stereocenters. The summed E-state index contributed by atoms with van der Waals surface area (Å²) in [6.07, 6.45) is 1.51. The first-order valence-corrected chi connectivity index (χ1v) is 8.31. The van der Waals surface area contributed by atoms with Crippen molar-refractivity contribution in [3.05, 3.63) is 23.2 Å². The lowest BCUT2D eigenvalue weighted by atomic mass is 10.0. The van der Waals surface area contributed by atoms with E-state index in [4.69, 9.17) is 22.1 Å². The molecule has 0 aromatic heterocycles. The van der Waals surface area contributed by atoms with Gasteiger partial charge in [-0.1, -0.05) is 11.6 Å². The number of carbonyl (C=O) groups excluding carboxylic acids is 1. The number of nitrogens with zero attached hydrogens (tertiary/aromatic N) is 2. The van der Waals surface area contributed by atoms with Gasteiger partial charge in [-0.3, -0.25) is 0 Å². The van der Waals surface area contributed by atoms with Crippen LogP contribution < -0.4 is 10.6 Å². The molecule has 1 aliphatic rings. The van der Waals surface area contributed by atoms with Gasteiger partial charge in [0.15, 0.2) is 0 Å². The Kier molecular flexibility index (Phi) is 5.30. The highest BCUT2D eigenvalue weighted by Gasteiger charge is 2.29. The lowest BCUT2D eigenvalue weighted by molar-refractivity contribution is 0.0201. The van der Waals surface area contributed by atoms with Gasteiger partial charge in [-0.25, -0.2) is 4.79 Å². The van der Waals surface area contributed by atoms with Gasteiger partial charge < -0.3 is 20.3 Å². The van der Waals surface area contributed by atoms with Crippen LogP contribution in [0, 0.1) is 0 Å². The van der Waals surface area contributed by atoms with E-state index in [1.807, 2.05) is 40.0 Å². The molecule has 23 heavy (non-hydrogen) atoms. The Bertz CT molecular complexity index is 563. The Balaban J connectivity index is 1.94. The van der Waals surface area contributed by atoms with Crippen molar-refractivity contribution in [2.24, 2.45) is 0 Å². The molecule has 1 aromatic carbocycles. The Morgan fingerprint density at radius 2 is 1.96 bits per heavy atom. The molecule has 128 valence electrons. The zero-order valence-corrected chi connectivity index (χ0v) is 15.1. The zero-order chi connectivity index (χ0) is 17.2. The van der Waals surface area contributed by atoms with E-state index in [0.29, 0.717) is 10.7 Å². The number of benzene rings is 1. The number of hydrogen-bond donors (Lipinski definition) is 1. The molecule has 1 saturated heterocycles. The van der Waals surface area contributed by atoms with E-state index < -0.39 is 5.60 Å². The van der Waals surface area contributed by atoms with Gasteiger partial charge >= 0.3 is 6.09 Å². The average Bonchev–Trinajstić information content (AvgIpc) is 2.45. The van der Waals surface area contributed by atoms with Gasteiger partial charge in [0.1, 0.15) is 5.60 Å². The van der Waals surface area contributed by atoms with Crippen LogP contribution >= 0.6 is 11.6 Å². The molecule has 1 aliphatic heterocycles. The molecule has 1 amide bonds. The van der Waals surface area contributed by atoms with E-state index in [-0.39, 0.29) is 12.1 Å². The Labute approximate surface area is 143 Å². The molecular formula is C17H26ClN3O2. The van der Waals surface area contributed by atoms with Crippen LogP contribution in [0.4, 0.5) is 16.2 Å². The second-order valence-corrected chi connectivity index (χ2v) is 7.45. The molecule has 0 bridgehead atoms. The fraction of sp³-hybridized carbons (Fsp3) is 0.588. The van der Waals surface area contributed by atoms with Crippen LogP contribution in [0.2, 0.25) is 5.02 Å². The lowest BCUT2D eigenvalue weighted by Gasteiger charge is -2.38. The summed E-state index contributed by atoms with van der Waals surface area (Å²) in [6.45, 7) is 7.34. The van der Waals surface area contributed by atoms with E-state index in [1.54, 1.807) is 11.0 Å². The summed E-state index contributed by atoms with van der Waals surface area (Å²) in [6, 6.07) is 5.77. The van der Waals surface area contributed by atoms with Crippen LogP contribution in [0.1, 0.15) is 33.6 Å². The first kappa shape index (κ1) is 17.7. The molecular weight excluding hydrogens is 314 g/mol. The highest BCUT2D eigenvalue weighted by molar-refractivity contribution is 6.31. The van der Waals surface area contributed by atoms with Crippen molar-refractivity contribution < 1.29 is 9.53 Å². The van der Waals surface area contributed by atoms with Crippen molar-refractivity contribution in [2.75, 3.05) is 30.8 Å². The van der Waals surface area contributed by atoms with Gasteiger partial charge in [-0.05, 0) is 51.8 Å². The summed E-state index contributed by atoms with van der Waals surface area (Å²) < 4.78 is 5.44. The highest BCUT2D eigenvalue weighted by Crippen LogP contribution is 2.29. The minimum atomic E-state index is -0.468. The van der Waals surface area contributed by atoms with Crippen molar-refractivity contribution >= 4 is 29.1 Å². The summed E-state index contributed by atoms with van der Waals surface area (Å²) in [5, 5.41) is 0.644. The number of halogens is 1. The monoisotopic (exact) mass is 339 g/mol. The van der Waals surface area contributed by atoms with Crippen molar-refractivity contribution in [1.29, 1.82) is 0 Å². The second-order valence-electron chi connectivity index (χ2n) is 7.01. The Morgan fingerprint density at radius 1 is 1.35 bits per heavy atom. The van der Waals surface area contributed by atoms with Crippen LogP contribution in [0.15, 0.2) is 18.2 Å². The fourth-order valence-corrected chi connectivity index (χ4v) is 2.97. The zero-order valence-electron chi connectivity index (χ0n) is 14.3. The topological polar surface area (TPSA) is 58.8 Å². The number of anilines is 2. The standard InChI is InChI=1S/C17H26ClN3O2/c1-17(2,3)23-16(22)20(4)13-7-9-21(10-8-13)15-6-5-12(18)11-14(15)19/h5-6,11,13H,7-10,19H2,1-4H3. The van der Waals surface area contributed by atoms with Gasteiger partial charge in [0, 0.05) is 31.2 Å². The maximum atomic E-state index is 12.2.